The topological polar surface area (TPSA) is 61.8 Å². The molecule has 1 atom stereocenters. The second-order valence-corrected chi connectivity index (χ2v) is 7.91. The van der Waals surface area contributed by atoms with E-state index in [1.54, 1.807) is 24.3 Å². The Hall–Kier alpha value is -2.34. The quantitative estimate of drug-likeness (QED) is 0.654. The molecule has 0 saturated heterocycles. The van der Waals surface area contributed by atoms with E-state index in [1.807, 2.05) is 32.9 Å². The third-order valence-corrected chi connectivity index (χ3v) is 4.38. The predicted molar refractivity (Wildman–Crippen MR) is 99.7 cm³/mol. The van der Waals surface area contributed by atoms with Gasteiger partial charge in [0.25, 0.3) is 0 Å². The smallest absolute Gasteiger partial charge is 0.337 e. The molecular weight excluding hydrogens is 400 g/mol. The first kappa shape index (κ1) is 18.5. The number of carbonyl (C=O) groups is 2. The molecule has 0 radical (unpaired) electrons. The van der Waals surface area contributed by atoms with Crippen LogP contribution in [0.2, 0.25) is 0 Å². The molecule has 1 unspecified atom stereocenters. The van der Waals surface area contributed by atoms with Gasteiger partial charge in [-0.15, -0.1) is 0 Å². The number of rotatable bonds is 2. The summed E-state index contributed by atoms with van der Waals surface area (Å²) in [5.74, 6) is -0.472. The molecule has 0 aromatic heterocycles. The number of esters is 2. The number of fused-ring (bicyclic) bond motifs is 2. The zero-order chi connectivity index (χ0) is 19.1. The Morgan fingerprint density at radius 1 is 1.04 bits per heavy atom. The van der Waals surface area contributed by atoms with Crippen LogP contribution in [0.25, 0.3) is 0 Å². The zero-order valence-electron chi connectivity index (χ0n) is 15.0. The van der Waals surface area contributed by atoms with E-state index < -0.39 is 23.5 Å². The van der Waals surface area contributed by atoms with Crippen molar-refractivity contribution in [2.24, 2.45) is 0 Å². The minimum absolute atomic E-state index is 0.349. The fourth-order valence-electron chi connectivity index (χ4n) is 2.85. The summed E-state index contributed by atoms with van der Waals surface area (Å²) in [6.07, 6.45) is 0. The van der Waals surface area contributed by atoms with E-state index in [2.05, 4.69) is 15.9 Å². The molecule has 0 spiro atoms. The first-order valence-electron chi connectivity index (χ1n) is 8.12. The second-order valence-electron chi connectivity index (χ2n) is 6.99. The summed E-state index contributed by atoms with van der Waals surface area (Å²) in [7, 11) is 1.32. The van der Waals surface area contributed by atoms with Crippen molar-refractivity contribution in [1.29, 1.82) is 0 Å². The van der Waals surface area contributed by atoms with E-state index in [1.165, 1.54) is 7.11 Å². The molecule has 2 aromatic rings. The van der Waals surface area contributed by atoms with Gasteiger partial charge in [0.1, 0.15) is 23.0 Å². The van der Waals surface area contributed by atoms with Crippen molar-refractivity contribution in [3.63, 3.8) is 0 Å². The van der Waals surface area contributed by atoms with Crippen LogP contribution in [-0.2, 0) is 14.3 Å². The molecule has 0 bridgehead atoms. The zero-order valence-corrected chi connectivity index (χ0v) is 16.5. The maximum Gasteiger partial charge on any atom is 0.337 e. The average Bonchev–Trinajstić information content (AvgIpc) is 2.56. The highest BCUT2D eigenvalue weighted by Crippen LogP contribution is 2.46. The Morgan fingerprint density at radius 2 is 1.65 bits per heavy atom. The van der Waals surface area contributed by atoms with E-state index in [0.717, 1.165) is 4.47 Å². The number of hydrogen-bond donors (Lipinski definition) is 0. The van der Waals surface area contributed by atoms with Gasteiger partial charge in [-0.2, -0.15) is 0 Å². The summed E-state index contributed by atoms with van der Waals surface area (Å²) in [5, 5.41) is 0. The Morgan fingerprint density at radius 3 is 2.27 bits per heavy atom. The maximum absolute atomic E-state index is 13.0. The van der Waals surface area contributed by atoms with Crippen molar-refractivity contribution in [3.05, 3.63) is 57.6 Å². The van der Waals surface area contributed by atoms with Crippen LogP contribution in [0.5, 0.6) is 11.5 Å². The van der Waals surface area contributed by atoms with E-state index in [4.69, 9.17) is 14.2 Å². The molecule has 3 rings (SSSR count). The monoisotopic (exact) mass is 418 g/mol. The molecule has 136 valence electrons. The SMILES string of the molecule is COC(=O)c1ccc2c(c1)C(C(=O)OC(C)(C)C)c1cc(Br)ccc1O2. The van der Waals surface area contributed by atoms with Crippen LogP contribution in [-0.4, -0.2) is 24.6 Å². The Labute approximate surface area is 160 Å². The van der Waals surface area contributed by atoms with Crippen LogP contribution >= 0.6 is 15.9 Å². The number of methoxy groups -OCH3 is 1. The summed E-state index contributed by atoms with van der Waals surface area (Å²) >= 11 is 3.44. The van der Waals surface area contributed by atoms with Crippen molar-refractivity contribution in [3.8, 4) is 11.5 Å². The lowest BCUT2D eigenvalue weighted by Gasteiger charge is -2.30. The van der Waals surface area contributed by atoms with E-state index in [0.29, 0.717) is 28.2 Å². The average molecular weight is 419 g/mol. The molecule has 0 N–H and O–H groups in total. The van der Waals surface area contributed by atoms with Gasteiger partial charge in [-0.05, 0) is 57.2 Å². The van der Waals surface area contributed by atoms with Gasteiger partial charge in [0, 0.05) is 15.6 Å². The van der Waals surface area contributed by atoms with Gasteiger partial charge < -0.3 is 14.2 Å². The summed E-state index contributed by atoms with van der Waals surface area (Å²) in [4.78, 5) is 24.9. The van der Waals surface area contributed by atoms with Crippen LogP contribution in [0.15, 0.2) is 40.9 Å². The van der Waals surface area contributed by atoms with E-state index in [9.17, 15) is 9.59 Å². The molecule has 6 heteroatoms. The van der Waals surface area contributed by atoms with Gasteiger partial charge in [0.2, 0.25) is 0 Å². The Bertz CT molecular complexity index is 882. The third-order valence-electron chi connectivity index (χ3n) is 3.89. The fourth-order valence-corrected chi connectivity index (χ4v) is 3.23. The maximum atomic E-state index is 13.0. The second kappa shape index (κ2) is 6.76. The molecule has 0 amide bonds. The van der Waals surface area contributed by atoms with Gasteiger partial charge in [-0.3, -0.25) is 4.79 Å². The normalized spacial score (nSPS) is 15.3. The first-order valence-corrected chi connectivity index (χ1v) is 8.91. The van der Waals surface area contributed by atoms with Crippen molar-refractivity contribution < 1.29 is 23.8 Å². The number of carbonyl (C=O) groups excluding carboxylic acids is 2. The number of halogens is 1. The van der Waals surface area contributed by atoms with Crippen LogP contribution in [0.1, 0.15) is 48.2 Å². The highest BCUT2D eigenvalue weighted by Gasteiger charge is 2.36. The van der Waals surface area contributed by atoms with E-state index >= 15 is 0 Å². The molecule has 0 aliphatic carbocycles. The predicted octanol–water partition coefficient (Wildman–Crippen LogP) is 4.82. The summed E-state index contributed by atoms with van der Waals surface area (Å²) in [5.41, 5.74) is 0.972. The van der Waals surface area contributed by atoms with Gasteiger partial charge >= 0.3 is 11.9 Å². The molecule has 1 aliphatic heterocycles. The largest absolute Gasteiger partial charge is 0.465 e. The minimum Gasteiger partial charge on any atom is -0.465 e. The fraction of sp³-hybridized carbons (Fsp3) is 0.300. The summed E-state index contributed by atoms with van der Waals surface area (Å²) in [6.45, 7) is 5.45. The number of ether oxygens (including phenoxy) is 3. The van der Waals surface area contributed by atoms with Crippen LogP contribution in [0, 0.1) is 0 Å². The van der Waals surface area contributed by atoms with Gasteiger partial charge in [-0.25, -0.2) is 4.79 Å². The summed E-state index contributed by atoms with van der Waals surface area (Å²) in [6, 6.07) is 10.4. The van der Waals surface area contributed by atoms with Crippen LogP contribution in [0.3, 0.4) is 0 Å². The highest BCUT2D eigenvalue weighted by molar-refractivity contribution is 9.10. The van der Waals surface area contributed by atoms with Gasteiger partial charge in [-0.1, -0.05) is 15.9 Å². The lowest BCUT2D eigenvalue weighted by molar-refractivity contribution is -0.155. The molecule has 1 aliphatic rings. The van der Waals surface area contributed by atoms with Gasteiger partial charge in [0.05, 0.1) is 12.7 Å². The molecule has 0 fully saturated rings. The molecule has 26 heavy (non-hydrogen) atoms. The summed E-state index contributed by atoms with van der Waals surface area (Å²) < 4.78 is 17.2. The standard InChI is InChI=1S/C20H19BrO5/c1-20(2,3)26-19(23)17-13-9-11(18(22)24-4)5-7-15(13)25-16-8-6-12(21)10-14(16)17/h5-10,17H,1-4H3. The van der Waals surface area contributed by atoms with Crippen molar-refractivity contribution in [2.45, 2.75) is 32.3 Å². The molecular formula is C20H19BrO5. The van der Waals surface area contributed by atoms with Crippen LogP contribution in [0.4, 0.5) is 0 Å². The lowest BCUT2D eigenvalue weighted by atomic mass is 9.87. The van der Waals surface area contributed by atoms with Crippen molar-refractivity contribution in [2.75, 3.05) is 7.11 Å². The Balaban J connectivity index is 2.15. The number of hydrogen-bond acceptors (Lipinski definition) is 5. The Kier molecular flexibility index (Phi) is 4.80. The highest BCUT2D eigenvalue weighted by atomic mass is 79.9. The van der Waals surface area contributed by atoms with E-state index in [-0.39, 0.29) is 0 Å². The van der Waals surface area contributed by atoms with Gasteiger partial charge in [0.15, 0.2) is 0 Å². The lowest BCUT2D eigenvalue weighted by Crippen LogP contribution is -2.29. The van der Waals surface area contributed by atoms with Crippen molar-refractivity contribution in [1.82, 2.24) is 0 Å². The van der Waals surface area contributed by atoms with Crippen molar-refractivity contribution >= 4 is 27.9 Å². The molecule has 1 heterocycles. The first-order chi connectivity index (χ1) is 12.2. The molecule has 5 nitrogen and oxygen atoms in total. The minimum atomic E-state index is -0.699. The molecule has 0 saturated carbocycles. The third kappa shape index (κ3) is 3.60. The van der Waals surface area contributed by atoms with Crippen LogP contribution < -0.4 is 4.74 Å². The number of benzene rings is 2. The molecule has 2 aromatic carbocycles.